The molecule has 0 saturated heterocycles. The van der Waals surface area contributed by atoms with Crippen molar-refractivity contribution in [3.8, 4) is 0 Å². The molecule has 0 aliphatic heterocycles. The molecule has 2 heteroatoms. The quantitative estimate of drug-likeness (QED) is 0.472. The van der Waals surface area contributed by atoms with Crippen molar-refractivity contribution in [2.24, 2.45) is 5.73 Å². The smallest absolute Gasteiger partial charge is 0.0160 e. The summed E-state index contributed by atoms with van der Waals surface area (Å²) in [5.74, 6) is 0.681. The van der Waals surface area contributed by atoms with Crippen LogP contribution >= 0.6 is 12.6 Å². The van der Waals surface area contributed by atoms with Gasteiger partial charge >= 0.3 is 0 Å². The SMILES string of the molecule is NCC[S]. The van der Waals surface area contributed by atoms with Gasteiger partial charge in [-0.05, 0) is 0 Å². The summed E-state index contributed by atoms with van der Waals surface area (Å²) in [5.41, 5.74) is 4.92. The van der Waals surface area contributed by atoms with Crippen molar-refractivity contribution in [2.75, 3.05) is 12.3 Å². The van der Waals surface area contributed by atoms with E-state index in [1.165, 1.54) is 0 Å². The minimum absolute atomic E-state index is 0.634. The van der Waals surface area contributed by atoms with Gasteiger partial charge in [0.05, 0.1) is 0 Å². The van der Waals surface area contributed by atoms with E-state index in [0.717, 1.165) is 0 Å². The van der Waals surface area contributed by atoms with Crippen molar-refractivity contribution in [3.05, 3.63) is 0 Å². The molecule has 4 heavy (non-hydrogen) atoms. The third-order valence-electron chi connectivity index (χ3n) is 0.118. The zero-order chi connectivity index (χ0) is 3.41. The van der Waals surface area contributed by atoms with Gasteiger partial charge in [-0.3, -0.25) is 0 Å². The highest BCUT2D eigenvalue weighted by Gasteiger charge is 1.57. The summed E-state index contributed by atoms with van der Waals surface area (Å²) in [4.78, 5) is 0. The van der Waals surface area contributed by atoms with Gasteiger partial charge in [-0.2, -0.15) is 0 Å². The first kappa shape index (κ1) is 4.31. The molecule has 0 aromatic heterocycles. The minimum Gasteiger partial charge on any atom is -0.330 e. The van der Waals surface area contributed by atoms with Gasteiger partial charge in [0.15, 0.2) is 0 Å². The predicted octanol–water partition coefficient (Wildman–Crippen LogP) is 0.143. The largest absolute Gasteiger partial charge is 0.330 e. The van der Waals surface area contributed by atoms with Gasteiger partial charge in [-0.25, -0.2) is 0 Å². The van der Waals surface area contributed by atoms with Crippen LogP contribution in [0.5, 0.6) is 0 Å². The molecule has 0 fully saturated rings. The van der Waals surface area contributed by atoms with Gasteiger partial charge in [-0.1, -0.05) is 12.6 Å². The molecule has 0 atom stereocenters. The molecule has 0 aromatic rings. The van der Waals surface area contributed by atoms with E-state index >= 15 is 0 Å². The Morgan fingerprint density at radius 3 is 2.00 bits per heavy atom. The molecular weight excluding hydrogens is 70.1 g/mol. The monoisotopic (exact) mass is 76.0 g/mol. The number of hydrogen-bond acceptors (Lipinski definition) is 1. The van der Waals surface area contributed by atoms with Crippen molar-refractivity contribution < 1.29 is 0 Å². The lowest BCUT2D eigenvalue weighted by atomic mass is 10.8. The van der Waals surface area contributed by atoms with Gasteiger partial charge in [0.2, 0.25) is 0 Å². The van der Waals surface area contributed by atoms with Crippen LogP contribution in [0.1, 0.15) is 0 Å². The van der Waals surface area contributed by atoms with Crippen molar-refractivity contribution in [1.82, 2.24) is 0 Å². The number of rotatable bonds is 1. The maximum atomic E-state index is 4.92. The standard InChI is InChI=1S/C2H6NS/c3-1-2-4/h1-3H2. The molecule has 2 N–H and O–H groups in total. The van der Waals surface area contributed by atoms with Crippen LogP contribution in [0.4, 0.5) is 0 Å². The summed E-state index contributed by atoms with van der Waals surface area (Å²) in [5, 5.41) is 0. The van der Waals surface area contributed by atoms with E-state index in [0.29, 0.717) is 12.3 Å². The van der Waals surface area contributed by atoms with Gasteiger partial charge in [0, 0.05) is 12.3 Å². The van der Waals surface area contributed by atoms with Crippen molar-refractivity contribution in [2.45, 2.75) is 0 Å². The molecule has 0 unspecified atom stereocenters. The zero-order valence-corrected chi connectivity index (χ0v) is 3.22. The van der Waals surface area contributed by atoms with Gasteiger partial charge in [0.25, 0.3) is 0 Å². The Balaban J connectivity index is 1.97. The molecule has 1 nitrogen and oxygen atoms in total. The third-order valence-corrected chi connectivity index (χ3v) is 0.354. The molecule has 0 bridgehead atoms. The zero-order valence-electron chi connectivity index (χ0n) is 2.40. The Labute approximate surface area is 31.6 Å². The molecular formula is C2H6NS. The second-order valence-electron chi connectivity index (χ2n) is 0.493. The Hall–Kier alpha value is 0.310. The van der Waals surface area contributed by atoms with E-state index in [4.69, 9.17) is 5.73 Å². The number of nitrogens with two attached hydrogens (primary N) is 1. The first-order valence-corrected chi connectivity index (χ1v) is 1.77. The van der Waals surface area contributed by atoms with Crippen LogP contribution < -0.4 is 5.73 Å². The topological polar surface area (TPSA) is 26.0 Å². The first-order valence-electron chi connectivity index (χ1n) is 1.20. The maximum absolute atomic E-state index is 4.92. The van der Waals surface area contributed by atoms with E-state index < -0.39 is 0 Å². The molecule has 1 radical (unpaired) electrons. The average molecular weight is 76.1 g/mol. The molecule has 0 aromatic carbocycles. The molecule has 0 heterocycles. The molecule has 0 aliphatic rings. The molecule has 0 saturated carbocycles. The van der Waals surface area contributed by atoms with Gasteiger partial charge in [0.1, 0.15) is 0 Å². The van der Waals surface area contributed by atoms with Crippen LogP contribution in [0.2, 0.25) is 0 Å². The molecule has 25 valence electrons. The van der Waals surface area contributed by atoms with Crippen molar-refractivity contribution >= 4 is 12.6 Å². The summed E-state index contributed by atoms with van der Waals surface area (Å²) >= 11 is 4.43. The van der Waals surface area contributed by atoms with Gasteiger partial charge in [-0.15, -0.1) is 0 Å². The minimum atomic E-state index is 0.634. The Morgan fingerprint density at radius 1 is 1.75 bits per heavy atom. The van der Waals surface area contributed by atoms with Crippen molar-refractivity contribution in [1.29, 1.82) is 0 Å². The Kier molecular flexibility index (Phi) is 3.57. The Bertz CT molecular complexity index is 8.00. The van der Waals surface area contributed by atoms with E-state index in [1.54, 1.807) is 0 Å². The highest BCUT2D eigenvalue weighted by atomic mass is 32.1. The fourth-order valence-corrected chi connectivity index (χ4v) is 0. The maximum Gasteiger partial charge on any atom is 0.0160 e. The van der Waals surface area contributed by atoms with Crippen LogP contribution in [-0.4, -0.2) is 12.3 Å². The summed E-state index contributed by atoms with van der Waals surface area (Å²) in [6.07, 6.45) is 0. The lowest BCUT2D eigenvalue weighted by Crippen LogP contribution is -1.97. The summed E-state index contributed by atoms with van der Waals surface area (Å²) in [7, 11) is 0. The summed E-state index contributed by atoms with van der Waals surface area (Å²) < 4.78 is 0. The highest BCUT2D eigenvalue weighted by Crippen LogP contribution is 1.58. The first-order chi connectivity index (χ1) is 1.91. The van der Waals surface area contributed by atoms with Crippen LogP contribution in [0.3, 0.4) is 0 Å². The summed E-state index contributed by atoms with van der Waals surface area (Å²) in [6.45, 7) is 0.634. The average Bonchev–Trinajstić information content (AvgIpc) is 1.37. The lowest BCUT2D eigenvalue weighted by molar-refractivity contribution is 1.16. The fraction of sp³-hybridized carbons (Fsp3) is 1.00. The second-order valence-corrected chi connectivity index (χ2v) is 0.901. The fourth-order valence-electron chi connectivity index (χ4n) is 0. The lowest BCUT2D eigenvalue weighted by Gasteiger charge is -1.68. The second kappa shape index (κ2) is 3.31. The Morgan fingerprint density at radius 2 is 2.00 bits per heavy atom. The van der Waals surface area contributed by atoms with E-state index in [2.05, 4.69) is 12.6 Å². The normalized spacial score (nSPS) is 7.50. The molecule has 0 rings (SSSR count). The van der Waals surface area contributed by atoms with Crippen LogP contribution in [0.25, 0.3) is 0 Å². The van der Waals surface area contributed by atoms with Crippen molar-refractivity contribution in [3.63, 3.8) is 0 Å². The molecule has 0 aliphatic carbocycles. The van der Waals surface area contributed by atoms with Crippen LogP contribution in [0.15, 0.2) is 0 Å². The predicted molar refractivity (Wildman–Crippen MR) is 21.5 cm³/mol. The van der Waals surface area contributed by atoms with E-state index in [-0.39, 0.29) is 0 Å². The highest BCUT2D eigenvalue weighted by molar-refractivity contribution is 7.80. The molecule has 0 amide bonds. The molecule has 0 spiro atoms. The third kappa shape index (κ3) is 2.31. The van der Waals surface area contributed by atoms with E-state index in [1.807, 2.05) is 0 Å². The van der Waals surface area contributed by atoms with Gasteiger partial charge < -0.3 is 5.73 Å². The number of hydrogen-bond donors (Lipinski definition) is 1. The summed E-state index contributed by atoms with van der Waals surface area (Å²) in [6, 6.07) is 0. The van der Waals surface area contributed by atoms with E-state index in [9.17, 15) is 0 Å². The van der Waals surface area contributed by atoms with Crippen LogP contribution in [-0.2, 0) is 0 Å². The van der Waals surface area contributed by atoms with Crippen LogP contribution in [0, 0.1) is 0 Å².